The molecule has 1 aromatic heterocycles. The lowest BCUT2D eigenvalue weighted by atomic mass is 9.97. The van der Waals surface area contributed by atoms with E-state index >= 15 is 0 Å². The molecule has 1 saturated heterocycles. The molecule has 4 nitrogen and oxygen atoms in total. The standard InChI is InChI=1S/C19H16BrFN2O2/c20-13-7-8-15(21)14(10-13)19(24)23-9-3-4-12(11-23)18-22-16-5-1-2-6-17(16)25-18/h1-2,5-8,10,12H,3-4,9,11H2. The Morgan fingerprint density at radius 2 is 2.12 bits per heavy atom. The monoisotopic (exact) mass is 402 g/mol. The molecule has 2 heterocycles. The van der Waals surface area contributed by atoms with Gasteiger partial charge >= 0.3 is 0 Å². The first-order valence-corrected chi connectivity index (χ1v) is 9.01. The zero-order valence-corrected chi connectivity index (χ0v) is 15.0. The van der Waals surface area contributed by atoms with Gasteiger partial charge in [-0.05, 0) is 43.2 Å². The van der Waals surface area contributed by atoms with Crippen LogP contribution in [0.4, 0.5) is 4.39 Å². The highest BCUT2D eigenvalue weighted by molar-refractivity contribution is 9.10. The minimum absolute atomic E-state index is 0.0281. The summed E-state index contributed by atoms with van der Waals surface area (Å²) in [6.45, 7) is 1.10. The number of oxazole rings is 1. The summed E-state index contributed by atoms with van der Waals surface area (Å²) in [5, 5.41) is 0. The molecule has 25 heavy (non-hydrogen) atoms. The SMILES string of the molecule is O=C(c1cc(Br)ccc1F)N1CCCC(c2nc3ccccc3o2)C1. The molecule has 1 aliphatic rings. The number of carbonyl (C=O) groups excluding carboxylic acids is 1. The number of halogens is 2. The number of rotatable bonds is 2. The number of piperidine rings is 1. The van der Waals surface area contributed by atoms with Crippen molar-refractivity contribution < 1.29 is 13.6 Å². The number of likely N-dealkylation sites (tertiary alicyclic amines) is 1. The minimum Gasteiger partial charge on any atom is -0.440 e. The van der Waals surface area contributed by atoms with Crippen molar-refractivity contribution in [3.05, 3.63) is 64.2 Å². The second kappa shape index (κ2) is 6.59. The van der Waals surface area contributed by atoms with Crippen molar-refractivity contribution in [2.45, 2.75) is 18.8 Å². The third-order valence-corrected chi connectivity index (χ3v) is 5.02. The molecule has 128 valence electrons. The normalized spacial score (nSPS) is 17.8. The highest BCUT2D eigenvalue weighted by atomic mass is 79.9. The van der Waals surface area contributed by atoms with Gasteiger partial charge in [0, 0.05) is 17.6 Å². The fourth-order valence-electron chi connectivity index (χ4n) is 3.26. The lowest BCUT2D eigenvalue weighted by Crippen LogP contribution is -2.39. The van der Waals surface area contributed by atoms with Gasteiger partial charge in [-0.1, -0.05) is 28.1 Å². The Hall–Kier alpha value is -2.21. The van der Waals surface area contributed by atoms with E-state index in [1.54, 1.807) is 11.0 Å². The Bertz CT molecular complexity index is 907. The summed E-state index contributed by atoms with van der Waals surface area (Å²) in [7, 11) is 0. The highest BCUT2D eigenvalue weighted by Gasteiger charge is 2.29. The van der Waals surface area contributed by atoms with Gasteiger partial charge < -0.3 is 9.32 Å². The van der Waals surface area contributed by atoms with Gasteiger partial charge in [0.15, 0.2) is 11.5 Å². The average molecular weight is 403 g/mol. The van der Waals surface area contributed by atoms with Gasteiger partial charge in [-0.15, -0.1) is 0 Å². The first-order chi connectivity index (χ1) is 12.1. The molecular formula is C19H16BrFN2O2. The van der Waals surface area contributed by atoms with Crippen molar-refractivity contribution in [3.8, 4) is 0 Å². The van der Waals surface area contributed by atoms with Crippen LogP contribution in [0.25, 0.3) is 11.1 Å². The summed E-state index contributed by atoms with van der Waals surface area (Å²) in [5.74, 6) is -0.120. The van der Waals surface area contributed by atoms with Gasteiger partial charge in [-0.25, -0.2) is 9.37 Å². The largest absolute Gasteiger partial charge is 0.440 e. The molecule has 3 aromatic rings. The zero-order chi connectivity index (χ0) is 17.4. The third kappa shape index (κ3) is 3.18. The number of amides is 1. The molecule has 0 N–H and O–H groups in total. The van der Waals surface area contributed by atoms with Crippen molar-refractivity contribution >= 4 is 32.9 Å². The molecule has 1 fully saturated rings. The molecule has 0 aliphatic carbocycles. The van der Waals surface area contributed by atoms with Gasteiger partial charge in [0.2, 0.25) is 0 Å². The molecule has 0 bridgehead atoms. The Balaban J connectivity index is 1.58. The van der Waals surface area contributed by atoms with Crippen LogP contribution < -0.4 is 0 Å². The third-order valence-electron chi connectivity index (χ3n) is 4.53. The first-order valence-electron chi connectivity index (χ1n) is 8.21. The van der Waals surface area contributed by atoms with Crippen molar-refractivity contribution in [3.63, 3.8) is 0 Å². The molecule has 1 atom stereocenters. The maximum atomic E-state index is 14.0. The Morgan fingerprint density at radius 3 is 2.96 bits per heavy atom. The number of aromatic nitrogens is 1. The molecule has 2 aromatic carbocycles. The minimum atomic E-state index is -0.503. The predicted octanol–water partition coefficient (Wildman–Crippen LogP) is 4.75. The smallest absolute Gasteiger partial charge is 0.256 e. The number of para-hydroxylation sites is 2. The van der Waals surface area contributed by atoms with E-state index in [0.29, 0.717) is 23.5 Å². The van der Waals surface area contributed by atoms with Crippen molar-refractivity contribution in [2.24, 2.45) is 0 Å². The van der Waals surface area contributed by atoms with E-state index in [4.69, 9.17) is 4.42 Å². The molecule has 0 saturated carbocycles. The Kier molecular flexibility index (Phi) is 4.29. The number of fused-ring (bicyclic) bond motifs is 1. The maximum absolute atomic E-state index is 14.0. The van der Waals surface area contributed by atoms with Crippen LogP contribution in [-0.2, 0) is 0 Å². The van der Waals surface area contributed by atoms with E-state index in [1.807, 2.05) is 24.3 Å². The lowest BCUT2D eigenvalue weighted by molar-refractivity contribution is 0.0694. The van der Waals surface area contributed by atoms with Gasteiger partial charge in [0.1, 0.15) is 11.3 Å². The van der Waals surface area contributed by atoms with Gasteiger partial charge in [0.25, 0.3) is 5.91 Å². The molecule has 1 amide bonds. The number of hydrogen-bond acceptors (Lipinski definition) is 3. The topological polar surface area (TPSA) is 46.3 Å². The van der Waals surface area contributed by atoms with Crippen LogP contribution in [0.1, 0.15) is 35.0 Å². The van der Waals surface area contributed by atoms with Gasteiger partial charge in [0.05, 0.1) is 11.5 Å². The molecule has 4 rings (SSSR count). The van der Waals surface area contributed by atoms with Crippen LogP contribution in [0.3, 0.4) is 0 Å². The van der Waals surface area contributed by atoms with E-state index in [2.05, 4.69) is 20.9 Å². The molecule has 6 heteroatoms. The predicted molar refractivity (Wildman–Crippen MR) is 96.0 cm³/mol. The number of benzene rings is 2. The van der Waals surface area contributed by atoms with Crippen molar-refractivity contribution in [1.29, 1.82) is 0 Å². The average Bonchev–Trinajstić information content (AvgIpc) is 3.07. The van der Waals surface area contributed by atoms with Crippen LogP contribution in [0.5, 0.6) is 0 Å². The molecule has 0 spiro atoms. The fourth-order valence-corrected chi connectivity index (χ4v) is 3.62. The molecule has 0 radical (unpaired) electrons. The second-order valence-electron chi connectivity index (χ2n) is 6.23. The maximum Gasteiger partial charge on any atom is 0.256 e. The van der Waals surface area contributed by atoms with Gasteiger partial charge in [-0.2, -0.15) is 0 Å². The number of hydrogen-bond donors (Lipinski definition) is 0. The summed E-state index contributed by atoms with van der Waals surface area (Å²) in [4.78, 5) is 19.0. The quantitative estimate of drug-likeness (QED) is 0.621. The molecular weight excluding hydrogens is 387 g/mol. The van der Waals surface area contributed by atoms with Crippen LogP contribution >= 0.6 is 15.9 Å². The summed E-state index contributed by atoms with van der Waals surface area (Å²) in [5.41, 5.74) is 1.66. The molecule has 1 unspecified atom stereocenters. The van der Waals surface area contributed by atoms with Gasteiger partial charge in [-0.3, -0.25) is 4.79 Å². The first kappa shape index (κ1) is 16.3. The lowest BCUT2D eigenvalue weighted by Gasteiger charge is -2.31. The Morgan fingerprint density at radius 1 is 1.28 bits per heavy atom. The van der Waals surface area contributed by atoms with Crippen molar-refractivity contribution in [1.82, 2.24) is 9.88 Å². The second-order valence-corrected chi connectivity index (χ2v) is 7.15. The Labute approximate surface area is 152 Å². The number of nitrogens with zero attached hydrogens (tertiary/aromatic N) is 2. The van der Waals surface area contributed by atoms with E-state index in [1.165, 1.54) is 12.1 Å². The van der Waals surface area contributed by atoms with E-state index < -0.39 is 5.82 Å². The fraction of sp³-hybridized carbons (Fsp3) is 0.263. The highest BCUT2D eigenvalue weighted by Crippen LogP contribution is 2.30. The van der Waals surface area contributed by atoms with Crippen LogP contribution in [0.15, 0.2) is 51.4 Å². The summed E-state index contributed by atoms with van der Waals surface area (Å²) in [6.07, 6.45) is 1.74. The summed E-state index contributed by atoms with van der Waals surface area (Å²) in [6, 6.07) is 12.0. The molecule has 1 aliphatic heterocycles. The van der Waals surface area contributed by atoms with E-state index in [9.17, 15) is 9.18 Å². The van der Waals surface area contributed by atoms with E-state index in [0.717, 1.165) is 23.9 Å². The summed E-state index contributed by atoms with van der Waals surface area (Å²) < 4.78 is 20.6. The van der Waals surface area contributed by atoms with Crippen LogP contribution in [0, 0.1) is 5.82 Å². The van der Waals surface area contributed by atoms with Crippen LogP contribution in [-0.4, -0.2) is 28.9 Å². The van der Waals surface area contributed by atoms with Crippen LogP contribution in [0.2, 0.25) is 0 Å². The zero-order valence-electron chi connectivity index (χ0n) is 13.4. The van der Waals surface area contributed by atoms with E-state index in [-0.39, 0.29) is 17.4 Å². The number of carbonyl (C=O) groups is 1. The van der Waals surface area contributed by atoms with Crippen molar-refractivity contribution in [2.75, 3.05) is 13.1 Å². The summed E-state index contributed by atoms with van der Waals surface area (Å²) >= 11 is 3.29.